The average Bonchev–Trinajstić information content (AvgIpc) is 3.08. The lowest BCUT2D eigenvalue weighted by Gasteiger charge is -2.32. The zero-order valence-electron chi connectivity index (χ0n) is 11.8. The Bertz CT molecular complexity index is 569. The van der Waals surface area contributed by atoms with Crippen LogP contribution in [0, 0.1) is 5.92 Å². The molecule has 1 fully saturated rings. The molecular weight excluding hydrogens is 266 g/mol. The summed E-state index contributed by atoms with van der Waals surface area (Å²) in [4.78, 5) is 25.6. The second-order valence-electron chi connectivity index (χ2n) is 5.31. The largest absolute Gasteiger partial charge is 0.367 e. The standard InChI is InChI=1S/C15H19N5O/c21-14(13-4-7-16-10-13)19-9-12-3-1-8-20(11-12)15-17-5-2-6-18-15/h2,4-7,10,12,16H,1,3,8-9,11H2,(H,19,21). The molecule has 0 aliphatic carbocycles. The molecule has 1 aliphatic heterocycles. The van der Waals surface area contributed by atoms with E-state index in [4.69, 9.17) is 0 Å². The predicted molar refractivity (Wildman–Crippen MR) is 80.1 cm³/mol. The van der Waals surface area contributed by atoms with Gasteiger partial charge in [0.15, 0.2) is 0 Å². The minimum absolute atomic E-state index is 0.0238. The van der Waals surface area contributed by atoms with Crippen LogP contribution in [0.3, 0.4) is 0 Å². The highest BCUT2D eigenvalue weighted by Gasteiger charge is 2.22. The number of aromatic amines is 1. The molecule has 1 unspecified atom stereocenters. The van der Waals surface area contributed by atoms with E-state index in [0.29, 0.717) is 18.0 Å². The topological polar surface area (TPSA) is 73.9 Å². The van der Waals surface area contributed by atoms with Crippen molar-refractivity contribution < 1.29 is 4.79 Å². The molecule has 2 aromatic heterocycles. The summed E-state index contributed by atoms with van der Waals surface area (Å²) in [7, 11) is 0. The third-order valence-corrected chi connectivity index (χ3v) is 3.77. The summed E-state index contributed by atoms with van der Waals surface area (Å²) in [5.74, 6) is 1.19. The van der Waals surface area contributed by atoms with Crippen molar-refractivity contribution in [2.45, 2.75) is 12.8 Å². The molecule has 0 bridgehead atoms. The molecule has 6 nitrogen and oxygen atoms in total. The van der Waals surface area contributed by atoms with Crippen molar-refractivity contribution in [3.63, 3.8) is 0 Å². The van der Waals surface area contributed by atoms with Gasteiger partial charge in [-0.25, -0.2) is 9.97 Å². The Morgan fingerprint density at radius 1 is 1.43 bits per heavy atom. The highest BCUT2D eigenvalue weighted by atomic mass is 16.1. The van der Waals surface area contributed by atoms with Crippen LogP contribution >= 0.6 is 0 Å². The number of H-pyrrole nitrogens is 1. The summed E-state index contributed by atoms with van der Waals surface area (Å²) in [6.07, 6.45) is 9.21. The number of hydrogen-bond donors (Lipinski definition) is 2. The summed E-state index contributed by atoms with van der Waals surface area (Å²) < 4.78 is 0. The second-order valence-corrected chi connectivity index (χ2v) is 5.31. The first-order valence-corrected chi connectivity index (χ1v) is 7.26. The number of piperidine rings is 1. The molecule has 1 saturated heterocycles. The van der Waals surface area contributed by atoms with Gasteiger partial charge in [-0.1, -0.05) is 0 Å². The van der Waals surface area contributed by atoms with E-state index in [-0.39, 0.29) is 5.91 Å². The van der Waals surface area contributed by atoms with Crippen LogP contribution in [0.25, 0.3) is 0 Å². The fraction of sp³-hybridized carbons (Fsp3) is 0.400. The number of hydrogen-bond acceptors (Lipinski definition) is 4. The molecule has 3 heterocycles. The van der Waals surface area contributed by atoms with Gasteiger partial charge in [0.25, 0.3) is 5.91 Å². The van der Waals surface area contributed by atoms with Crippen molar-refractivity contribution >= 4 is 11.9 Å². The van der Waals surface area contributed by atoms with Gasteiger partial charge in [0.1, 0.15) is 0 Å². The van der Waals surface area contributed by atoms with Crippen molar-refractivity contribution in [2.75, 3.05) is 24.5 Å². The monoisotopic (exact) mass is 285 g/mol. The summed E-state index contributed by atoms with van der Waals surface area (Å²) >= 11 is 0. The lowest BCUT2D eigenvalue weighted by atomic mass is 9.98. The van der Waals surface area contributed by atoms with E-state index < -0.39 is 0 Å². The molecule has 0 saturated carbocycles. The number of anilines is 1. The third-order valence-electron chi connectivity index (χ3n) is 3.77. The Hall–Kier alpha value is -2.37. The van der Waals surface area contributed by atoms with Crippen LogP contribution in [-0.4, -0.2) is 40.5 Å². The summed E-state index contributed by atoms with van der Waals surface area (Å²) in [5.41, 5.74) is 0.675. The number of carbonyl (C=O) groups excluding carboxylic acids is 1. The molecule has 0 aromatic carbocycles. The number of nitrogens with zero attached hydrogens (tertiary/aromatic N) is 3. The zero-order chi connectivity index (χ0) is 14.5. The van der Waals surface area contributed by atoms with E-state index in [1.807, 2.05) is 6.07 Å². The average molecular weight is 285 g/mol. The minimum Gasteiger partial charge on any atom is -0.367 e. The van der Waals surface area contributed by atoms with Crippen molar-refractivity contribution in [3.05, 3.63) is 42.5 Å². The normalized spacial score (nSPS) is 18.5. The van der Waals surface area contributed by atoms with Gasteiger partial charge >= 0.3 is 0 Å². The fourth-order valence-corrected chi connectivity index (χ4v) is 2.67. The van der Waals surface area contributed by atoms with Crippen LogP contribution in [0.15, 0.2) is 36.9 Å². The Morgan fingerprint density at radius 2 is 2.29 bits per heavy atom. The maximum absolute atomic E-state index is 11.9. The van der Waals surface area contributed by atoms with Gasteiger partial charge in [-0.2, -0.15) is 0 Å². The molecule has 1 amide bonds. The summed E-state index contributed by atoms with van der Waals surface area (Å²) in [6.45, 7) is 2.55. The lowest BCUT2D eigenvalue weighted by Crippen LogP contribution is -2.41. The molecule has 0 radical (unpaired) electrons. The van der Waals surface area contributed by atoms with Crippen LogP contribution in [0.1, 0.15) is 23.2 Å². The van der Waals surface area contributed by atoms with E-state index in [1.54, 1.807) is 30.9 Å². The Balaban J connectivity index is 1.53. The van der Waals surface area contributed by atoms with Crippen LogP contribution < -0.4 is 10.2 Å². The molecular formula is C15H19N5O. The number of nitrogens with one attached hydrogen (secondary N) is 2. The van der Waals surface area contributed by atoms with E-state index in [1.165, 1.54) is 0 Å². The Morgan fingerprint density at radius 3 is 3.05 bits per heavy atom. The number of amides is 1. The van der Waals surface area contributed by atoms with Crippen molar-refractivity contribution in [1.29, 1.82) is 0 Å². The van der Waals surface area contributed by atoms with Gasteiger partial charge < -0.3 is 15.2 Å². The SMILES string of the molecule is O=C(NCC1CCCN(c2ncccn2)C1)c1cc[nH]c1. The fourth-order valence-electron chi connectivity index (χ4n) is 2.67. The van der Waals surface area contributed by atoms with Gasteiger partial charge in [-0.15, -0.1) is 0 Å². The predicted octanol–water partition coefficient (Wildman–Crippen LogP) is 1.45. The molecule has 110 valence electrons. The summed E-state index contributed by atoms with van der Waals surface area (Å²) in [6, 6.07) is 3.60. The van der Waals surface area contributed by atoms with Crippen molar-refractivity contribution in [2.24, 2.45) is 5.92 Å². The maximum atomic E-state index is 11.9. The first kappa shape index (κ1) is 13.6. The third kappa shape index (κ3) is 3.39. The molecule has 0 spiro atoms. The molecule has 2 aromatic rings. The van der Waals surface area contributed by atoms with Crippen LogP contribution in [0.4, 0.5) is 5.95 Å². The molecule has 1 aliphatic rings. The molecule has 21 heavy (non-hydrogen) atoms. The van der Waals surface area contributed by atoms with Gasteiger partial charge in [0.2, 0.25) is 5.95 Å². The zero-order valence-corrected chi connectivity index (χ0v) is 11.8. The number of aromatic nitrogens is 3. The first-order valence-electron chi connectivity index (χ1n) is 7.26. The van der Waals surface area contributed by atoms with Gasteiger partial charge in [-0.3, -0.25) is 4.79 Å². The quantitative estimate of drug-likeness (QED) is 0.891. The minimum atomic E-state index is -0.0238. The molecule has 2 N–H and O–H groups in total. The Kier molecular flexibility index (Phi) is 4.14. The van der Waals surface area contributed by atoms with E-state index in [2.05, 4.69) is 25.2 Å². The van der Waals surface area contributed by atoms with Crippen molar-refractivity contribution in [3.8, 4) is 0 Å². The highest BCUT2D eigenvalue weighted by molar-refractivity contribution is 5.93. The summed E-state index contributed by atoms with van der Waals surface area (Å²) in [5, 5.41) is 3.00. The molecule has 3 rings (SSSR count). The first-order chi connectivity index (χ1) is 10.3. The molecule has 6 heteroatoms. The van der Waals surface area contributed by atoms with Crippen LogP contribution in [0.2, 0.25) is 0 Å². The smallest absolute Gasteiger partial charge is 0.252 e. The van der Waals surface area contributed by atoms with Crippen molar-refractivity contribution in [1.82, 2.24) is 20.3 Å². The highest BCUT2D eigenvalue weighted by Crippen LogP contribution is 2.19. The van der Waals surface area contributed by atoms with Crippen LogP contribution in [-0.2, 0) is 0 Å². The van der Waals surface area contributed by atoms with E-state index in [9.17, 15) is 4.79 Å². The van der Waals surface area contributed by atoms with E-state index >= 15 is 0 Å². The van der Waals surface area contributed by atoms with Gasteiger partial charge in [0.05, 0.1) is 5.56 Å². The van der Waals surface area contributed by atoms with Gasteiger partial charge in [-0.05, 0) is 30.9 Å². The van der Waals surface area contributed by atoms with E-state index in [0.717, 1.165) is 31.9 Å². The second kappa shape index (κ2) is 6.39. The van der Waals surface area contributed by atoms with Crippen LogP contribution in [0.5, 0.6) is 0 Å². The number of carbonyl (C=O) groups is 1. The number of rotatable bonds is 4. The lowest BCUT2D eigenvalue weighted by molar-refractivity contribution is 0.0946. The maximum Gasteiger partial charge on any atom is 0.252 e. The Labute approximate surface area is 123 Å². The van der Waals surface area contributed by atoms with Gasteiger partial charge in [0, 0.05) is 44.4 Å². The molecule has 1 atom stereocenters.